The maximum absolute atomic E-state index is 12.4. The normalized spacial score (nSPS) is 11.8. The van der Waals surface area contributed by atoms with E-state index < -0.39 is 0 Å². The van der Waals surface area contributed by atoms with Crippen LogP contribution in [0.2, 0.25) is 0 Å². The third-order valence-corrected chi connectivity index (χ3v) is 5.10. The van der Waals surface area contributed by atoms with Gasteiger partial charge in [-0.05, 0) is 75.8 Å². The first kappa shape index (κ1) is 22.5. The number of hydrazone groups is 1. The van der Waals surface area contributed by atoms with Gasteiger partial charge in [-0.15, -0.1) is 0 Å². The molecule has 1 aromatic heterocycles. The molecule has 2 amide bonds. The van der Waals surface area contributed by atoms with Gasteiger partial charge in [0.15, 0.2) is 10.4 Å². The van der Waals surface area contributed by atoms with Crippen LogP contribution in [0.25, 0.3) is 0 Å². The Morgan fingerprint density at radius 3 is 2.26 bits per heavy atom. The van der Waals surface area contributed by atoms with Crippen LogP contribution in [-0.4, -0.2) is 17.5 Å². The molecular formula is C24H24BrN3O3. The summed E-state index contributed by atoms with van der Waals surface area (Å²) in [5.41, 5.74) is 6.27. The number of amides is 2. The van der Waals surface area contributed by atoms with Gasteiger partial charge in [-0.2, -0.15) is 5.10 Å². The second-order valence-electron chi connectivity index (χ2n) is 8.10. The molecule has 1 heterocycles. The molecule has 3 aromatic rings. The Balaban J connectivity index is 1.66. The first-order valence-corrected chi connectivity index (χ1v) is 10.5. The Bertz CT molecular complexity index is 1130. The van der Waals surface area contributed by atoms with E-state index in [1.807, 2.05) is 18.2 Å². The lowest BCUT2D eigenvalue weighted by molar-refractivity contribution is 0.0953. The molecule has 0 spiro atoms. The molecule has 6 nitrogen and oxygen atoms in total. The molecule has 0 bridgehead atoms. The van der Waals surface area contributed by atoms with Gasteiger partial charge >= 0.3 is 0 Å². The van der Waals surface area contributed by atoms with Crippen molar-refractivity contribution in [3.05, 3.63) is 87.8 Å². The number of carbonyl (C=O) groups is 2. The second kappa shape index (κ2) is 9.31. The number of anilines is 1. The first-order chi connectivity index (χ1) is 14.6. The van der Waals surface area contributed by atoms with Crippen molar-refractivity contribution in [2.75, 3.05) is 5.32 Å². The van der Waals surface area contributed by atoms with Crippen LogP contribution in [0.3, 0.4) is 0 Å². The molecule has 0 saturated heterocycles. The quantitative estimate of drug-likeness (QED) is 0.359. The Labute approximate surface area is 189 Å². The zero-order valence-electron chi connectivity index (χ0n) is 17.8. The molecule has 31 heavy (non-hydrogen) atoms. The van der Waals surface area contributed by atoms with Crippen molar-refractivity contribution in [1.29, 1.82) is 0 Å². The number of furan rings is 1. The molecule has 0 aliphatic rings. The van der Waals surface area contributed by atoms with Gasteiger partial charge in [-0.1, -0.05) is 45.0 Å². The maximum Gasteiger partial charge on any atom is 0.291 e. The minimum absolute atomic E-state index is 0.0254. The Morgan fingerprint density at radius 1 is 0.935 bits per heavy atom. The van der Waals surface area contributed by atoms with Gasteiger partial charge in [0.05, 0.1) is 5.71 Å². The number of nitrogens with zero attached hydrogens (tertiary/aromatic N) is 1. The Hall–Kier alpha value is -3.19. The predicted molar refractivity (Wildman–Crippen MR) is 126 cm³/mol. The summed E-state index contributed by atoms with van der Waals surface area (Å²) in [6.45, 7) is 8.16. The van der Waals surface area contributed by atoms with E-state index in [0.717, 1.165) is 11.1 Å². The third kappa shape index (κ3) is 5.92. The molecule has 0 saturated carbocycles. The number of nitrogens with one attached hydrogen (secondary N) is 2. The van der Waals surface area contributed by atoms with Crippen LogP contribution in [-0.2, 0) is 5.41 Å². The van der Waals surface area contributed by atoms with Crippen molar-refractivity contribution >= 4 is 39.1 Å². The van der Waals surface area contributed by atoms with Gasteiger partial charge in [-0.3, -0.25) is 9.59 Å². The van der Waals surface area contributed by atoms with Crippen molar-refractivity contribution in [2.24, 2.45) is 5.10 Å². The molecule has 0 fully saturated rings. The fourth-order valence-electron chi connectivity index (χ4n) is 2.84. The highest BCUT2D eigenvalue weighted by molar-refractivity contribution is 9.10. The smallest absolute Gasteiger partial charge is 0.291 e. The van der Waals surface area contributed by atoms with E-state index in [0.29, 0.717) is 21.6 Å². The van der Waals surface area contributed by atoms with Gasteiger partial charge < -0.3 is 9.73 Å². The van der Waals surface area contributed by atoms with Gasteiger partial charge in [0.25, 0.3) is 11.8 Å². The summed E-state index contributed by atoms with van der Waals surface area (Å²) in [7, 11) is 0. The highest BCUT2D eigenvalue weighted by atomic mass is 79.9. The van der Waals surface area contributed by atoms with Gasteiger partial charge in [0.1, 0.15) is 0 Å². The van der Waals surface area contributed by atoms with Crippen LogP contribution in [0.4, 0.5) is 5.69 Å². The molecule has 0 unspecified atom stereocenters. The van der Waals surface area contributed by atoms with Gasteiger partial charge in [-0.25, -0.2) is 5.43 Å². The highest BCUT2D eigenvalue weighted by Crippen LogP contribution is 2.22. The molecule has 0 radical (unpaired) electrons. The zero-order valence-corrected chi connectivity index (χ0v) is 19.4. The summed E-state index contributed by atoms with van der Waals surface area (Å²) in [4.78, 5) is 24.7. The van der Waals surface area contributed by atoms with Crippen molar-refractivity contribution in [3.8, 4) is 0 Å². The molecule has 2 N–H and O–H groups in total. The summed E-state index contributed by atoms with van der Waals surface area (Å²) in [5, 5.41) is 6.98. The van der Waals surface area contributed by atoms with E-state index in [2.05, 4.69) is 52.5 Å². The molecule has 0 aliphatic carbocycles. The summed E-state index contributed by atoms with van der Waals surface area (Å²) in [6.07, 6.45) is 0. The van der Waals surface area contributed by atoms with Crippen LogP contribution >= 0.6 is 15.9 Å². The van der Waals surface area contributed by atoms with Crippen LogP contribution in [0.5, 0.6) is 0 Å². The van der Waals surface area contributed by atoms with Crippen LogP contribution < -0.4 is 10.7 Å². The average Bonchev–Trinajstić information content (AvgIpc) is 3.18. The first-order valence-electron chi connectivity index (χ1n) is 9.76. The standard InChI is InChI=1S/C24H24BrN3O3/c1-15(27-28-22(29)16-8-10-18(11-9-16)24(2,3)4)17-6-5-7-19(14-17)26-23(30)20-12-13-21(25)31-20/h5-14H,1-4H3,(H,26,30)(H,28,29). The molecule has 7 heteroatoms. The van der Waals surface area contributed by atoms with Crippen LogP contribution in [0.1, 0.15) is 59.7 Å². The van der Waals surface area contributed by atoms with Crippen molar-refractivity contribution in [1.82, 2.24) is 5.43 Å². The van der Waals surface area contributed by atoms with Crippen LogP contribution in [0, 0.1) is 0 Å². The minimum Gasteiger partial charge on any atom is -0.444 e. The largest absolute Gasteiger partial charge is 0.444 e. The van der Waals surface area contributed by atoms with E-state index in [-0.39, 0.29) is 23.0 Å². The zero-order chi connectivity index (χ0) is 22.6. The molecule has 0 atom stereocenters. The van der Waals surface area contributed by atoms with Gasteiger partial charge in [0.2, 0.25) is 0 Å². The van der Waals surface area contributed by atoms with Gasteiger partial charge in [0, 0.05) is 11.3 Å². The average molecular weight is 482 g/mol. The van der Waals surface area contributed by atoms with E-state index in [4.69, 9.17) is 4.42 Å². The highest BCUT2D eigenvalue weighted by Gasteiger charge is 2.14. The third-order valence-electron chi connectivity index (χ3n) is 4.67. The SMILES string of the molecule is CC(=NNC(=O)c1ccc(C(C)(C)C)cc1)c1cccc(NC(=O)c2ccc(Br)o2)c1. The number of halogens is 1. The minimum atomic E-state index is -0.357. The lowest BCUT2D eigenvalue weighted by Crippen LogP contribution is -2.20. The number of hydrogen-bond donors (Lipinski definition) is 2. The molecule has 2 aromatic carbocycles. The summed E-state index contributed by atoms with van der Waals surface area (Å²) >= 11 is 3.18. The summed E-state index contributed by atoms with van der Waals surface area (Å²) in [5.74, 6) is -0.440. The number of carbonyl (C=O) groups excluding carboxylic acids is 2. The lowest BCUT2D eigenvalue weighted by Gasteiger charge is -2.18. The summed E-state index contributed by atoms with van der Waals surface area (Å²) in [6, 6.07) is 17.9. The Kier molecular flexibility index (Phi) is 6.75. The topological polar surface area (TPSA) is 83.7 Å². The Morgan fingerprint density at radius 2 is 1.65 bits per heavy atom. The summed E-state index contributed by atoms with van der Waals surface area (Å²) < 4.78 is 5.75. The van der Waals surface area contributed by atoms with E-state index in [1.54, 1.807) is 49.4 Å². The van der Waals surface area contributed by atoms with E-state index in [1.165, 1.54) is 0 Å². The van der Waals surface area contributed by atoms with Crippen molar-refractivity contribution < 1.29 is 14.0 Å². The van der Waals surface area contributed by atoms with Crippen LogP contribution in [0.15, 0.2) is 74.9 Å². The molecule has 160 valence electrons. The molecule has 0 aliphatic heterocycles. The molecule has 3 rings (SSSR count). The number of hydrogen-bond acceptors (Lipinski definition) is 4. The maximum atomic E-state index is 12.4. The van der Waals surface area contributed by atoms with E-state index in [9.17, 15) is 9.59 Å². The van der Waals surface area contributed by atoms with Crippen molar-refractivity contribution in [3.63, 3.8) is 0 Å². The predicted octanol–water partition coefficient (Wildman–Crippen LogP) is 5.75. The number of benzene rings is 2. The van der Waals surface area contributed by atoms with E-state index >= 15 is 0 Å². The second-order valence-corrected chi connectivity index (χ2v) is 8.89. The fourth-order valence-corrected chi connectivity index (χ4v) is 3.14. The molecular weight excluding hydrogens is 458 g/mol. The lowest BCUT2D eigenvalue weighted by atomic mass is 9.87. The van der Waals surface area contributed by atoms with Crippen molar-refractivity contribution in [2.45, 2.75) is 33.1 Å². The number of rotatable bonds is 5. The fraction of sp³-hybridized carbons (Fsp3) is 0.208. The monoisotopic (exact) mass is 481 g/mol.